The zero-order valence-corrected chi connectivity index (χ0v) is 10.0. The Kier molecular flexibility index (Phi) is 3.79. The van der Waals surface area contributed by atoms with Crippen LogP contribution in [-0.4, -0.2) is 16.6 Å². The SMILES string of the molecule is Nc1nc(NCCc2ccc(O)cc2)c(F)cc1F. The number of nitrogens with one attached hydrogen (secondary N) is 1. The van der Waals surface area contributed by atoms with Crippen molar-refractivity contribution in [2.75, 3.05) is 17.6 Å². The Hall–Kier alpha value is -2.37. The van der Waals surface area contributed by atoms with Crippen LogP contribution in [-0.2, 0) is 6.42 Å². The van der Waals surface area contributed by atoms with Crippen molar-refractivity contribution in [3.63, 3.8) is 0 Å². The van der Waals surface area contributed by atoms with Crippen molar-refractivity contribution in [3.05, 3.63) is 47.5 Å². The Balaban J connectivity index is 1.96. The number of pyridine rings is 1. The van der Waals surface area contributed by atoms with E-state index in [2.05, 4.69) is 10.3 Å². The molecule has 4 N–H and O–H groups in total. The molecule has 0 aliphatic heterocycles. The van der Waals surface area contributed by atoms with Gasteiger partial charge in [-0.2, -0.15) is 0 Å². The molecule has 0 aliphatic rings. The average molecular weight is 265 g/mol. The molecule has 0 saturated carbocycles. The third-order valence-electron chi connectivity index (χ3n) is 2.60. The second-order valence-electron chi connectivity index (χ2n) is 4.03. The summed E-state index contributed by atoms with van der Waals surface area (Å²) >= 11 is 0. The number of nitrogens with zero attached hydrogens (tertiary/aromatic N) is 1. The summed E-state index contributed by atoms with van der Waals surface area (Å²) in [5.74, 6) is -1.87. The van der Waals surface area contributed by atoms with E-state index in [1.165, 1.54) is 0 Å². The first-order valence-electron chi connectivity index (χ1n) is 5.69. The van der Waals surface area contributed by atoms with Crippen LogP contribution in [0.5, 0.6) is 5.75 Å². The highest BCUT2D eigenvalue weighted by Gasteiger charge is 2.08. The zero-order valence-electron chi connectivity index (χ0n) is 10.0. The maximum atomic E-state index is 13.4. The number of aromatic nitrogens is 1. The second kappa shape index (κ2) is 5.51. The van der Waals surface area contributed by atoms with Gasteiger partial charge in [0.05, 0.1) is 0 Å². The van der Waals surface area contributed by atoms with Crippen molar-refractivity contribution in [1.29, 1.82) is 0 Å². The molecular weight excluding hydrogens is 252 g/mol. The predicted octanol–water partition coefficient (Wildman–Crippen LogP) is 2.30. The summed E-state index contributed by atoms with van der Waals surface area (Å²) in [5, 5.41) is 11.9. The number of aromatic hydroxyl groups is 1. The number of hydrogen-bond acceptors (Lipinski definition) is 4. The summed E-state index contributed by atoms with van der Waals surface area (Å²) in [6.07, 6.45) is 0.610. The van der Waals surface area contributed by atoms with Crippen molar-refractivity contribution in [3.8, 4) is 5.75 Å². The number of halogens is 2. The van der Waals surface area contributed by atoms with Gasteiger partial charge < -0.3 is 16.2 Å². The third-order valence-corrected chi connectivity index (χ3v) is 2.60. The van der Waals surface area contributed by atoms with Gasteiger partial charge in [0.2, 0.25) is 0 Å². The molecule has 1 aromatic heterocycles. The minimum absolute atomic E-state index is 0.0716. The molecule has 19 heavy (non-hydrogen) atoms. The number of anilines is 2. The summed E-state index contributed by atoms with van der Waals surface area (Å²) in [5.41, 5.74) is 6.24. The molecule has 4 nitrogen and oxygen atoms in total. The van der Waals surface area contributed by atoms with Gasteiger partial charge in [0.1, 0.15) is 5.75 Å². The number of phenolic OH excluding ortho intramolecular Hbond substituents is 1. The molecule has 0 spiro atoms. The first kappa shape index (κ1) is 13.1. The molecule has 0 radical (unpaired) electrons. The van der Waals surface area contributed by atoms with Gasteiger partial charge in [0.15, 0.2) is 23.3 Å². The molecule has 0 atom stereocenters. The van der Waals surface area contributed by atoms with Crippen LogP contribution >= 0.6 is 0 Å². The Morgan fingerprint density at radius 2 is 1.84 bits per heavy atom. The van der Waals surface area contributed by atoms with E-state index in [0.29, 0.717) is 19.0 Å². The van der Waals surface area contributed by atoms with Crippen LogP contribution < -0.4 is 11.1 Å². The monoisotopic (exact) mass is 265 g/mol. The van der Waals surface area contributed by atoms with E-state index >= 15 is 0 Å². The molecule has 0 amide bonds. The Bertz CT molecular complexity index is 573. The molecule has 0 fully saturated rings. The normalized spacial score (nSPS) is 10.4. The predicted molar refractivity (Wildman–Crippen MR) is 68.9 cm³/mol. The van der Waals surface area contributed by atoms with E-state index in [0.717, 1.165) is 5.56 Å². The van der Waals surface area contributed by atoms with Crippen molar-refractivity contribution < 1.29 is 13.9 Å². The second-order valence-corrected chi connectivity index (χ2v) is 4.03. The van der Waals surface area contributed by atoms with E-state index in [-0.39, 0.29) is 17.4 Å². The number of phenols is 1. The quantitative estimate of drug-likeness (QED) is 0.793. The van der Waals surface area contributed by atoms with Crippen LogP contribution in [0.2, 0.25) is 0 Å². The van der Waals surface area contributed by atoms with Gasteiger partial charge in [0.25, 0.3) is 0 Å². The summed E-state index contributed by atoms with van der Waals surface area (Å²) in [4.78, 5) is 3.59. The minimum Gasteiger partial charge on any atom is -0.508 e. The molecule has 1 heterocycles. The van der Waals surface area contributed by atoms with Crippen LogP contribution in [0.3, 0.4) is 0 Å². The average Bonchev–Trinajstić information content (AvgIpc) is 2.38. The summed E-state index contributed by atoms with van der Waals surface area (Å²) in [6.45, 7) is 0.416. The topological polar surface area (TPSA) is 71.2 Å². The smallest absolute Gasteiger partial charge is 0.168 e. The minimum atomic E-state index is -0.874. The fraction of sp³-hybridized carbons (Fsp3) is 0.154. The molecule has 1 aromatic carbocycles. The van der Waals surface area contributed by atoms with E-state index < -0.39 is 11.6 Å². The van der Waals surface area contributed by atoms with Crippen LogP contribution in [0.4, 0.5) is 20.4 Å². The summed E-state index contributed by atoms with van der Waals surface area (Å²) in [6, 6.07) is 7.37. The lowest BCUT2D eigenvalue weighted by molar-refractivity contribution is 0.475. The fourth-order valence-corrected chi connectivity index (χ4v) is 1.59. The number of nitrogen functional groups attached to an aromatic ring is 1. The summed E-state index contributed by atoms with van der Waals surface area (Å²) < 4.78 is 26.3. The molecule has 0 bridgehead atoms. The molecular formula is C13H13F2N3O. The lowest BCUT2D eigenvalue weighted by Crippen LogP contribution is -2.10. The van der Waals surface area contributed by atoms with Gasteiger partial charge in [-0.15, -0.1) is 0 Å². The number of nitrogens with two attached hydrogens (primary N) is 1. The molecule has 0 aliphatic carbocycles. The van der Waals surface area contributed by atoms with E-state index in [4.69, 9.17) is 10.8 Å². The Morgan fingerprint density at radius 3 is 2.53 bits per heavy atom. The fourth-order valence-electron chi connectivity index (χ4n) is 1.59. The largest absolute Gasteiger partial charge is 0.508 e. The number of hydrogen-bond donors (Lipinski definition) is 3. The van der Waals surface area contributed by atoms with Gasteiger partial charge in [-0.3, -0.25) is 0 Å². The van der Waals surface area contributed by atoms with Gasteiger partial charge in [-0.25, -0.2) is 13.8 Å². The van der Waals surface area contributed by atoms with Gasteiger partial charge >= 0.3 is 0 Å². The zero-order chi connectivity index (χ0) is 13.8. The van der Waals surface area contributed by atoms with Crippen molar-refractivity contribution in [2.45, 2.75) is 6.42 Å². The maximum absolute atomic E-state index is 13.4. The third kappa shape index (κ3) is 3.31. The standard InChI is InChI=1S/C13H13F2N3O/c14-10-7-11(15)13(18-12(10)16)17-6-5-8-1-3-9(19)4-2-8/h1-4,7,19H,5-6H2,(H3,16,17,18). The van der Waals surface area contributed by atoms with Gasteiger partial charge in [-0.1, -0.05) is 12.1 Å². The highest BCUT2D eigenvalue weighted by Crippen LogP contribution is 2.16. The number of rotatable bonds is 4. The van der Waals surface area contributed by atoms with Crippen molar-refractivity contribution in [2.24, 2.45) is 0 Å². The highest BCUT2D eigenvalue weighted by atomic mass is 19.1. The molecule has 100 valence electrons. The van der Waals surface area contributed by atoms with Crippen LogP contribution in [0.25, 0.3) is 0 Å². The van der Waals surface area contributed by atoms with Crippen molar-refractivity contribution in [1.82, 2.24) is 4.98 Å². The van der Waals surface area contributed by atoms with Crippen LogP contribution in [0, 0.1) is 11.6 Å². The first-order chi connectivity index (χ1) is 9.06. The van der Waals surface area contributed by atoms with E-state index in [1.54, 1.807) is 24.3 Å². The van der Waals surface area contributed by atoms with Gasteiger partial charge in [-0.05, 0) is 24.1 Å². The van der Waals surface area contributed by atoms with Crippen LogP contribution in [0.1, 0.15) is 5.56 Å². The molecule has 0 saturated heterocycles. The maximum Gasteiger partial charge on any atom is 0.168 e. The van der Waals surface area contributed by atoms with E-state index in [1.807, 2.05) is 0 Å². The van der Waals surface area contributed by atoms with Gasteiger partial charge in [0, 0.05) is 12.6 Å². The number of benzene rings is 1. The molecule has 2 aromatic rings. The molecule has 0 unspecified atom stereocenters. The Labute approximate surface area is 108 Å². The van der Waals surface area contributed by atoms with E-state index in [9.17, 15) is 8.78 Å². The highest BCUT2D eigenvalue weighted by molar-refractivity contribution is 5.45. The lowest BCUT2D eigenvalue weighted by Gasteiger charge is -2.08. The molecule has 2 rings (SSSR count). The van der Waals surface area contributed by atoms with Crippen molar-refractivity contribution >= 4 is 11.6 Å². The molecule has 6 heteroatoms. The van der Waals surface area contributed by atoms with Crippen LogP contribution in [0.15, 0.2) is 30.3 Å². The lowest BCUT2D eigenvalue weighted by atomic mass is 10.1. The Morgan fingerprint density at radius 1 is 1.16 bits per heavy atom. The summed E-state index contributed by atoms with van der Waals surface area (Å²) in [7, 11) is 0. The first-order valence-corrected chi connectivity index (χ1v) is 5.69.